The summed E-state index contributed by atoms with van der Waals surface area (Å²) in [7, 11) is 0. The van der Waals surface area contributed by atoms with Gasteiger partial charge in [0.2, 0.25) is 0 Å². The third-order valence-electron chi connectivity index (χ3n) is 5.08. The van der Waals surface area contributed by atoms with Crippen LogP contribution in [-0.2, 0) is 6.54 Å². The van der Waals surface area contributed by atoms with E-state index in [-0.39, 0.29) is 0 Å². The molecule has 1 aromatic heterocycles. The minimum Gasteiger partial charge on any atom is -0.348 e. The predicted octanol–water partition coefficient (Wildman–Crippen LogP) is 3.46. The topological polar surface area (TPSA) is 42.2 Å². The van der Waals surface area contributed by atoms with Gasteiger partial charge in [-0.05, 0) is 38.0 Å². The summed E-state index contributed by atoms with van der Waals surface area (Å²) >= 11 is 1.79. The Bertz CT molecular complexity index is 425. The van der Waals surface area contributed by atoms with Crippen LogP contribution in [0, 0.1) is 12.3 Å². The van der Waals surface area contributed by atoms with Crippen LogP contribution in [0.4, 0.5) is 5.13 Å². The molecule has 1 aromatic rings. The normalized spacial score (nSPS) is 22.9. The highest BCUT2D eigenvalue weighted by atomic mass is 32.1. The third-order valence-corrected chi connectivity index (χ3v) is 6.32. The zero-order chi connectivity index (χ0) is 13.3. The molecule has 1 aliphatic heterocycles. The number of piperidine rings is 1. The summed E-state index contributed by atoms with van der Waals surface area (Å²) in [6.45, 7) is 5.09. The molecule has 19 heavy (non-hydrogen) atoms. The van der Waals surface area contributed by atoms with Crippen molar-refractivity contribution in [3.63, 3.8) is 0 Å². The lowest BCUT2D eigenvalue weighted by Gasteiger charge is -2.44. The van der Waals surface area contributed by atoms with Crippen molar-refractivity contribution in [3.8, 4) is 0 Å². The molecular formula is C15H25N3S. The first-order valence-corrected chi connectivity index (χ1v) is 8.45. The predicted molar refractivity (Wildman–Crippen MR) is 81.7 cm³/mol. The fourth-order valence-electron chi connectivity index (χ4n) is 3.71. The smallest absolute Gasteiger partial charge is 0.185 e. The molecule has 0 atom stereocenters. The van der Waals surface area contributed by atoms with Gasteiger partial charge in [-0.1, -0.05) is 19.3 Å². The average molecular weight is 279 g/mol. The zero-order valence-corrected chi connectivity index (χ0v) is 12.8. The third kappa shape index (κ3) is 2.65. The number of nitrogens with zero attached hydrogens (tertiary/aromatic N) is 2. The van der Waals surface area contributed by atoms with Crippen molar-refractivity contribution in [1.29, 1.82) is 0 Å². The highest BCUT2D eigenvalue weighted by Crippen LogP contribution is 2.45. The number of aryl methyl sites for hydroxylation is 1. The summed E-state index contributed by atoms with van der Waals surface area (Å²) < 4.78 is 0. The molecule has 0 amide bonds. The molecule has 1 saturated heterocycles. The van der Waals surface area contributed by atoms with Gasteiger partial charge in [-0.2, -0.15) is 0 Å². The number of hydrogen-bond acceptors (Lipinski definition) is 4. The van der Waals surface area contributed by atoms with Crippen molar-refractivity contribution in [1.82, 2.24) is 4.98 Å². The fraction of sp³-hybridized carbons (Fsp3) is 0.800. The highest BCUT2D eigenvalue weighted by molar-refractivity contribution is 7.15. The van der Waals surface area contributed by atoms with E-state index in [4.69, 9.17) is 10.7 Å². The summed E-state index contributed by atoms with van der Waals surface area (Å²) in [5.41, 5.74) is 7.56. The van der Waals surface area contributed by atoms with Crippen LogP contribution in [0.3, 0.4) is 0 Å². The van der Waals surface area contributed by atoms with Crippen LogP contribution < -0.4 is 10.6 Å². The van der Waals surface area contributed by atoms with Crippen molar-refractivity contribution in [2.24, 2.45) is 11.1 Å². The van der Waals surface area contributed by atoms with E-state index in [0.29, 0.717) is 12.0 Å². The van der Waals surface area contributed by atoms with Crippen LogP contribution in [0.25, 0.3) is 0 Å². The lowest BCUT2D eigenvalue weighted by Crippen LogP contribution is -2.41. The van der Waals surface area contributed by atoms with Gasteiger partial charge in [-0.15, -0.1) is 11.3 Å². The number of thiazole rings is 1. The molecule has 1 spiro atoms. The molecule has 4 heteroatoms. The van der Waals surface area contributed by atoms with E-state index >= 15 is 0 Å². The standard InChI is InChI=1S/C15H25N3S/c1-12-13(11-16)19-14(17-12)18-9-7-15(8-10-18)5-3-2-4-6-15/h2-11,16H2,1H3. The maximum absolute atomic E-state index is 5.76. The minimum atomic E-state index is 0.626. The minimum absolute atomic E-state index is 0.626. The van der Waals surface area contributed by atoms with Gasteiger partial charge in [-0.25, -0.2) is 4.98 Å². The molecule has 0 radical (unpaired) electrons. The summed E-state index contributed by atoms with van der Waals surface area (Å²) in [6.07, 6.45) is 10.0. The second-order valence-corrected chi connectivity index (χ2v) is 7.32. The Morgan fingerprint density at radius 3 is 2.42 bits per heavy atom. The van der Waals surface area contributed by atoms with Crippen molar-refractivity contribution in [2.75, 3.05) is 18.0 Å². The second kappa shape index (κ2) is 5.41. The van der Waals surface area contributed by atoms with E-state index in [1.54, 1.807) is 11.3 Å². The van der Waals surface area contributed by atoms with Gasteiger partial charge in [0, 0.05) is 24.5 Å². The van der Waals surface area contributed by atoms with Crippen LogP contribution in [0.15, 0.2) is 0 Å². The first-order valence-electron chi connectivity index (χ1n) is 7.64. The van der Waals surface area contributed by atoms with E-state index in [1.165, 1.54) is 68.0 Å². The largest absolute Gasteiger partial charge is 0.348 e. The fourth-order valence-corrected chi connectivity index (χ4v) is 4.70. The lowest BCUT2D eigenvalue weighted by atomic mass is 9.68. The van der Waals surface area contributed by atoms with Gasteiger partial charge in [0.1, 0.15) is 0 Å². The zero-order valence-electron chi connectivity index (χ0n) is 12.0. The number of nitrogens with two attached hydrogens (primary N) is 1. The van der Waals surface area contributed by atoms with Gasteiger partial charge in [0.25, 0.3) is 0 Å². The van der Waals surface area contributed by atoms with E-state index in [0.717, 1.165) is 5.69 Å². The average Bonchev–Trinajstić information content (AvgIpc) is 2.82. The van der Waals surface area contributed by atoms with Gasteiger partial charge >= 0.3 is 0 Å². The molecule has 2 aliphatic rings. The van der Waals surface area contributed by atoms with E-state index in [1.807, 2.05) is 0 Å². The van der Waals surface area contributed by atoms with Crippen LogP contribution in [-0.4, -0.2) is 18.1 Å². The Kier molecular flexibility index (Phi) is 3.81. The molecule has 106 valence electrons. The quantitative estimate of drug-likeness (QED) is 0.901. The first-order chi connectivity index (χ1) is 9.22. The van der Waals surface area contributed by atoms with Gasteiger partial charge in [0.05, 0.1) is 5.69 Å². The Morgan fingerprint density at radius 2 is 1.84 bits per heavy atom. The van der Waals surface area contributed by atoms with Gasteiger partial charge in [0.15, 0.2) is 5.13 Å². The number of hydrogen-bond donors (Lipinski definition) is 1. The Hall–Kier alpha value is -0.610. The van der Waals surface area contributed by atoms with E-state index < -0.39 is 0 Å². The van der Waals surface area contributed by atoms with Crippen molar-refractivity contribution in [3.05, 3.63) is 10.6 Å². The Balaban J connectivity index is 1.65. The van der Waals surface area contributed by atoms with Gasteiger partial charge in [-0.3, -0.25) is 0 Å². The molecule has 0 bridgehead atoms. The Morgan fingerprint density at radius 1 is 1.16 bits per heavy atom. The van der Waals surface area contributed by atoms with E-state index in [2.05, 4.69) is 11.8 Å². The number of anilines is 1. The Labute approximate surface area is 120 Å². The number of rotatable bonds is 2. The summed E-state index contributed by atoms with van der Waals surface area (Å²) in [5.74, 6) is 0. The summed E-state index contributed by atoms with van der Waals surface area (Å²) in [6, 6.07) is 0. The first kappa shape index (κ1) is 13.4. The number of aromatic nitrogens is 1. The monoisotopic (exact) mass is 279 g/mol. The highest BCUT2D eigenvalue weighted by Gasteiger charge is 2.36. The van der Waals surface area contributed by atoms with Crippen molar-refractivity contribution in [2.45, 2.75) is 58.4 Å². The molecule has 0 unspecified atom stereocenters. The van der Waals surface area contributed by atoms with Crippen molar-refractivity contribution >= 4 is 16.5 Å². The molecule has 3 nitrogen and oxygen atoms in total. The van der Waals surface area contributed by atoms with Crippen molar-refractivity contribution < 1.29 is 0 Å². The maximum Gasteiger partial charge on any atom is 0.185 e. The summed E-state index contributed by atoms with van der Waals surface area (Å²) in [5, 5.41) is 1.20. The molecule has 3 rings (SSSR count). The molecule has 0 aromatic carbocycles. The van der Waals surface area contributed by atoms with Crippen LogP contribution in [0.1, 0.15) is 55.5 Å². The molecule has 2 N–H and O–H groups in total. The molecule has 1 aliphatic carbocycles. The molecule has 1 saturated carbocycles. The molecule has 2 heterocycles. The van der Waals surface area contributed by atoms with E-state index in [9.17, 15) is 0 Å². The van der Waals surface area contributed by atoms with Crippen LogP contribution in [0.2, 0.25) is 0 Å². The summed E-state index contributed by atoms with van der Waals surface area (Å²) in [4.78, 5) is 8.43. The lowest BCUT2D eigenvalue weighted by molar-refractivity contribution is 0.144. The van der Waals surface area contributed by atoms with Crippen LogP contribution in [0.5, 0.6) is 0 Å². The molecular weight excluding hydrogens is 254 g/mol. The van der Waals surface area contributed by atoms with Gasteiger partial charge < -0.3 is 10.6 Å². The van der Waals surface area contributed by atoms with Crippen LogP contribution >= 0.6 is 11.3 Å². The second-order valence-electron chi connectivity index (χ2n) is 6.26. The maximum atomic E-state index is 5.76. The molecule has 2 fully saturated rings. The SMILES string of the molecule is Cc1nc(N2CCC3(CCCCC3)CC2)sc1CN.